The second-order valence-electron chi connectivity index (χ2n) is 7.69. The van der Waals surface area contributed by atoms with Crippen LogP contribution in [-0.4, -0.2) is 25.2 Å². The summed E-state index contributed by atoms with van der Waals surface area (Å²) in [7, 11) is 0. The zero-order chi connectivity index (χ0) is 13.8. The standard InChI is InChI=1S/C18H34N2/c1-14-7-2-3-8-15(14)13-20-18-10-5-4-9-16(18)17-11-6-12-19-17/h14-20H,2-13H2,1H3. The minimum absolute atomic E-state index is 0.800. The molecule has 2 saturated carbocycles. The molecule has 0 aromatic rings. The summed E-state index contributed by atoms with van der Waals surface area (Å²) in [5.74, 6) is 2.80. The molecule has 1 saturated heterocycles. The van der Waals surface area contributed by atoms with Crippen LogP contribution in [-0.2, 0) is 0 Å². The molecule has 2 N–H and O–H groups in total. The topological polar surface area (TPSA) is 24.1 Å². The molecule has 3 rings (SSSR count). The van der Waals surface area contributed by atoms with Gasteiger partial charge in [-0.1, -0.05) is 39.0 Å². The van der Waals surface area contributed by atoms with Crippen LogP contribution in [0.3, 0.4) is 0 Å². The van der Waals surface area contributed by atoms with Gasteiger partial charge in [0.2, 0.25) is 0 Å². The van der Waals surface area contributed by atoms with E-state index in [1.807, 2.05) is 0 Å². The Labute approximate surface area is 125 Å². The van der Waals surface area contributed by atoms with Gasteiger partial charge in [0.25, 0.3) is 0 Å². The molecule has 0 amide bonds. The summed E-state index contributed by atoms with van der Waals surface area (Å²) in [6.45, 7) is 5.02. The molecule has 116 valence electrons. The third kappa shape index (κ3) is 3.57. The molecule has 2 nitrogen and oxygen atoms in total. The van der Waals surface area contributed by atoms with E-state index in [1.54, 1.807) is 0 Å². The van der Waals surface area contributed by atoms with Gasteiger partial charge in [-0.15, -0.1) is 0 Å². The molecular weight excluding hydrogens is 244 g/mol. The zero-order valence-electron chi connectivity index (χ0n) is 13.4. The molecule has 1 heterocycles. The lowest BCUT2D eigenvalue weighted by molar-refractivity contribution is 0.184. The van der Waals surface area contributed by atoms with Gasteiger partial charge in [-0.2, -0.15) is 0 Å². The molecule has 2 aliphatic carbocycles. The van der Waals surface area contributed by atoms with Gasteiger partial charge in [0.1, 0.15) is 0 Å². The fraction of sp³-hybridized carbons (Fsp3) is 1.00. The summed E-state index contributed by atoms with van der Waals surface area (Å²) in [6, 6.07) is 1.62. The molecule has 0 aromatic carbocycles. The van der Waals surface area contributed by atoms with E-state index in [4.69, 9.17) is 0 Å². The van der Waals surface area contributed by atoms with E-state index in [1.165, 1.54) is 77.3 Å². The first-order chi connectivity index (χ1) is 9.84. The molecule has 0 spiro atoms. The van der Waals surface area contributed by atoms with Gasteiger partial charge in [-0.25, -0.2) is 0 Å². The first-order valence-electron chi connectivity index (χ1n) is 9.31. The molecule has 20 heavy (non-hydrogen) atoms. The fourth-order valence-electron chi connectivity index (χ4n) is 4.97. The van der Waals surface area contributed by atoms with E-state index < -0.39 is 0 Å². The molecule has 2 heteroatoms. The third-order valence-corrected chi connectivity index (χ3v) is 6.37. The second-order valence-corrected chi connectivity index (χ2v) is 7.69. The maximum Gasteiger partial charge on any atom is 0.0111 e. The van der Waals surface area contributed by atoms with Crippen LogP contribution in [0.15, 0.2) is 0 Å². The Morgan fingerprint density at radius 3 is 2.50 bits per heavy atom. The second kappa shape index (κ2) is 7.26. The minimum Gasteiger partial charge on any atom is -0.314 e. The van der Waals surface area contributed by atoms with Gasteiger partial charge in [0.15, 0.2) is 0 Å². The lowest BCUT2D eigenvalue weighted by atomic mass is 9.77. The highest BCUT2D eigenvalue weighted by atomic mass is 15.0. The summed E-state index contributed by atoms with van der Waals surface area (Å²) in [6.07, 6.45) is 14.5. The molecule has 1 aliphatic heterocycles. The smallest absolute Gasteiger partial charge is 0.0111 e. The largest absolute Gasteiger partial charge is 0.314 e. The minimum atomic E-state index is 0.800. The van der Waals surface area contributed by atoms with E-state index in [0.29, 0.717) is 0 Å². The lowest BCUT2D eigenvalue weighted by Crippen LogP contribution is -2.48. The Hall–Kier alpha value is -0.0800. The maximum atomic E-state index is 4.01. The summed E-state index contributed by atoms with van der Waals surface area (Å²) in [5.41, 5.74) is 0. The van der Waals surface area contributed by atoms with Crippen molar-refractivity contribution in [3.8, 4) is 0 Å². The van der Waals surface area contributed by atoms with Crippen molar-refractivity contribution in [2.45, 2.75) is 83.2 Å². The predicted octanol–water partition coefficient (Wildman–Crippen LogP) is 3.71. The van der Waals surface area contributed by atoms with Gasteiger partial charge in [0.05, 0.1) is 0 Å². The number of nitrogens with one attached hydrogen (secondary N) is 2. The van der Waals surface area contributed by atoms with Crippen LogP contribution in [0.25, 0.3) is 0 Å². The van der Waals surface area contributed by atoms with E-state index in [-0.39, 0.29) is 0 Å². The first kappa shape index (κ1) is 14.8. The van der Waals surface area contributed by atoms with E-state index in [0.717, 1.165) is 29.8 Å². The third-order valence-electron chi connectivity index (χ3n) is 6.37. The van der Waals surface area contributed by atoms with Crippen LogP contribution < -0.4 is 10.6 Å². The van der Waals surface area contributed by atoms with Crippen molar-refractivity contribution in [1.82, 2.24) is 10.6 Å². The highest BCUT2D eigenvalue weighted by Gasteiger charge is 2.33. The Kier molecular flexibility index (Phi) is 5.39. The van der Waals surface area contributed by atoms with Crippen LogP contribution in [0.5, 0.6) is 0 Å². The van der Waals surface area contributed by atoms with E-state index in [9.17, 15) is 0 Å². The molecule has 5 atom stereocenters. The van der Waals surface area contributed by atoms with Crippen molar-refractivity contribution < 1.29 is 0 Å². The lowest BCUT2D eigenvalue weighted by Gasteiger charge is -2.38. The van der Waals surface area contributed by atoms with Crippen molar-refractivity contribution in [3.05, 3.63) is 0 Å². The summed E-state index contributed by atoms with van der Waals surface area (Å²) in [4.78, 5) is 0. The summed E-state index contributed by atoms with van der Waals surface area (Å²) in [5, 5.41) is 7.77. The van der Waals surface area contributed by atoms with Crippen LogP contribution in [0.4, 0.5) is 0 Å². The molecule has 3 aliphatic rings. The number of hydrogen-bond acceptors (Lipinski definition) is 2. The highest BCUT2D eigenvalue weighted by Crippen LogP contribution is 2.32. The molecule has 3 fully saturated rings. The average molecular weight is 278 g/mol. The normalized spacial score (nSPS) is 42.8. The molecule has 0 aromatic heterocycles. The zero-order valence-corrected chi connectivity index (χ0v) is 13.4. The Bertz CT molecular complexity index is 285. The quantitative estimate of drug-likeness (QED) is 0.819. The summed E-state index contributed by atoms with van der Waals surface area (Å²) < 4.78 is 0. The monoisotopic (exact) mass is 278 g/mol. The van der Waals surface area contributed by atoms with Crippen molar-refractivity contribution in [2.24, 2.45) is 17.8 Å². The highest BCUT2D eigenvalue weighted by molar-refractivity contribution is 4.92. The van der Waals surface area contributed by atoms with Crippen molar-refractivity contribution in [3.63, 3.8) is 0 Å². The van der Waals surface area contributed by atoms with E-state index in [2.05, 4.69) is 17.6 Å². The first-order valence-corrected chi connectivity index (χ1v) is 9.31. The predicted molar refractivity (Wildman–Crippen MR) is 85.9 cm³/mol. The SMILES string of the molecule is CC1CCCCC1CNC1CCCCC1C1CCCN1. The van der Waals surface area contributed by atoms with Gasteiger partial charge < -0.3 is 10.6 Å². The molecular formula is C18H34N2. The van der Waals surface area contributed by atoms with Crippen molar-refractivity contribution in [2.75, 3.05) is 13.1 Å². The van der Waals surface area contributed by atoms with Crippen LogP contribution >= 0.6 is 0 Å². The molecule has 0 radical (unpaired) electrons. The van der Waals surface area contributed by atoms with Crippen LogP contribution in [0.1, 0.15) is 71.1 Å². The molecule has 5 unspecified atom stereocenters. The Balaban J connectivity index is 1.51. The Morgan fingerprint density at radius 2 is 1.70 bits per heavy atom. The van der Waals surface area contributed by atoms with Crippen molar-refractivity contribution >= 4 is 0 Å². The van der Waals surface area contributed by atoms with Crippen LogP contribution in [0, 0.1) is 17.8 Å². The van der Waals surface area contributed by atoms with E-state index >= 15 is 0 Å². The number of hydrogen-bond donors (Lipinski definition) is 2. The summed E-state index contributed by atoms with van der Waals surface area (Å²) >= 11 is 0. The maximum absolute atomic E-state index is 4.01. The van der Waals surface area contributed by atoms with Gasteiger partial charge in [-0.05, 0) is 62.9 Å². The van der Waals surface area contributed by atoms with Gasteiger partial charge in [-0.3, -0.25) is 0 Å². The van der Waals surface area contributed by atoms with Crippen molar-refractivity contribution in [1.29, 1.82) is 0 Å². The van der Waals surface area contributed by atoms with Crippen LogP contribution in [0.2, 0.25) is 0 Å². The van der Waals surface area contributed by atoms with Gasteiger partial charge in [0, 0.05) is 12.1 Å². The molecule has 0 bridgehead atoms. The number of rotatable bonds is 4. The fourth-order valence-corrected chi connectivity index (χ4v) is 4.97. The van der Waals surface area contributed by atoms with Gasteiger partial charge >= 0.3 is 0 Å². The Morgan fingerprint density at radius 1 is 0.900 bits per heavy atom. The average Bonchev–Trinajstić information content (AvgIpc) is 3.01.